The number of aryl methyl sites for hydroxylation is 2. The fourth-order valence-corrected chi connectivity index (χ4v) is 4.28. The fourth-order valence-electron chi connectivity index (χ4n) is 4.28. The lowest BCUT2D eigenvalue weighted by molar-refractivity contribution is 0.100. The van der Waals surface area contributed by atoms with Crippen LogP contribution in [-0.4, -0.2) is 29.9 Å². The van der Waals surface area contributed by atoms with E-state index in [2.05, 4.69) is 35.4 Å². The number of unbranched alkanes of at least 4 members (excludes halogenated alkanes) is 1. The number of carbonyl (C=O) groups is 1. The second-order valence-corrected chi connectivity index (χ2v) is 9.45. The Labute approximate surface area is 223 Å². The standard InChI is InChI=1S/C31H36F2N2O3/c1-3-4-6-11-25-13-12-22(2)14-26(25)19-34-20-30(36)29(17-24-15-27(32)18-28(33)16-24)35-31(37)38-21-23-9-7-5-8-10-23/h3,5,7-10,12-16,18,29-30,34,36H,1,4,6,11,17,19-21H2,2H3,(H,35,37)/t29-,30+/m0/s1. The summed E-state index contributed by atoms with van der Waals surface area (Å²) in [4.78, 5) is 12.5. The topological polar surface area (TPSA) is 70.6 Å². The quantitative estimate of drug-likeness (QED) is 0.186. The molecule has 0 aliphatic heterocycles. The summed E-state index contributed by atoms with van der Waals surface area (Å²) >= 11 is 0. The van der Waals surface area contributed by atoms with Gasteiger partial charge in [0.05, 0.1) is 12.1 Å². The van der Waals surface area contributed by atoms with E-state index < -0.39 is 29.9 Å². The van der Waals surface area contributed by atoms with Gasteiger partial charge in [-0.05, 0) is 67.0 Å². The molecule has 202 valence electrons. The van der Waals surface area contributed by atoms with Crippen LogP contribution in [0, 0.1) is 18.6 Å². The Balaban J connectivity index is 1.64. The summed E-state index contributed by atoms with van der Waals surface area (Å²) < 4.78 is 32.9. The van der Waals surface area contributed by atoms with Gasteiger partial charge in [-0.1, -0.05) is 60.2 Å². The lowest BCUT2D eigenvalue weighted by Crippen LogP contribution is -2.48. The molecule has 3 rings (SSSR count). The van der Waals surface area contributed by atoms with Crippen LogP contribution in [0.15, 0.2) is 79.4 Å². The molecule has 0 aliphatic carbocycles. The Morgan fingerprint density at radius 3 is 2.47 bits per heavy atom. The predicted octanol–water partition coefficient (Wildman–Crippen LogP) is 5.77. The number of rotatable bonds is 14. The maximum atomic E-state index is 13.8. The Bertz CT molecular complexity index is 1170. The summed E-state index contributed by atoms with van der Waals surface area (Å²) in [6.45, 7) is 6.56. The fraction of sp³-hybridized carbons (Fsp3) is 0.323. The summed E-state index contributed by atoms with van der Waals surface area (Å²) in [5.74, 6) is -1.44. The zero-order valence-electron chi connectivity index (χ0n) is 21.8. The molecule has 2 atom stereocenters. The summed E-state index contributed by atoms with van der Waals surface area (Å²) in [6.07, 6.45) is 3.03. The monoisotopic (exact) mass is 522 g/mol. The first-order chi connectivity index (χ1) is 18.3. The molecule has 0 unspecified atom stereocenters. The first-order valence-electron chi connectivity index (χ1n) is 12.8. The summed E-state index contributed by atoms with van der Waals surface area (Å²) in [5, 5.41) is 16.9. The third kappa shape index (κ3) is 9.72. The maximum Gasteiger partial charge on any atom is 0.407 e. The van der Waals surface area contributed by atoms with Crippen LogP contribution in [0.1, 0.15) is 40.7 Å². The summed E-state index contributed by atoms with van der Waals surface area (Å²) in [7, 11) is 0. The van der Waals surface area contributed by atoms with Gasteiger partial charge in [-0.25, -0.2) is 13.6 Å². The zero-order valence-corrected chi connectivity index (χ0v) is 21.8. The van der Waals surface area contributed by atoms with Crippen molar-refractivity contribution in [2.24, 2.45) is 0 Å². The third-order valence-corrected chi connectivity index (χ3v) is 6.24. The van der Waals surface area contributed by atoms with E-state index in [4.69, 9.17) is 4.74 Å². The minimum absolute atomic E-state index is 0.0230. The van der Waals surface area contributed by atoms with Crippen molar-refractivity contribution in [3.63, 3.8) is 0 Å². The van der Waals surface area contributed by atoms with Crippen molar-refractivity contribution >= 4 is 6.09 Å². The van der Waals surface area contributed by atoms with Crippen LogP contribution in [-0.2, 0) is 30.7 Å². The second kappa shape index (κ2) is 15.0. The second-order valence-electron chi connectivity index (χ2n) is 9.45. The summed E-state index contributed by atoms with van der Waals surface area (Å²) in [6, 6.07) is 17.9. The van der Waals surface area contributed by atoms with E-state index >= 15 is 0 Å². The number of aliphatic hydroxyl groups is 1. The number of carbonyl (C=O) groups excluding carboxylic acids is 1. The Hall–Kier alpha value is -3.55. The van der Waals surface area contributed by atoms with Crippen molar-refractivity contribution in [3.05, 3.63) is 119 Å². The molecular formula is C31H36F2N2O3. The van der Waals surface area contributed by atoms with Crippen molar-refractivity contribution < 1.29 is 23.4 Å². The third-order valence-electron chi connectivity index (χ3n) is 6.24. The lowest BCUT2D eigenvalue weighted by atomic mass is 9.99. The number of halogens is 2. The first kappa shape index (κ1) is 29.0. The average molecular weight is 523 g/mol. The molecule has 0 saturated heterocycles. The van der Waals surface area contributed by atoms with Gasteiger partial charge in [0.15, 0.2) is 0 Å². The molecule has 0 heterocycles. The smallest absolute Gasteiger partial charge is 0.407 e. The molecule has 0 fully saturated rings. The molecule has 3 aromatic carbocycles. The van der Waals surface area contributed by atoms with Crippen LogP contribution in [0.5, 0.6) is 0 Å². The van der Waals surface area contributed by atoms with E-state index in [1.807, 2.05) is 43.3 Å². The highest BCUT2D eigenvalue weighted by atomic mass is 19.1. The van der Waals surface area contributed by atoms with E-state index in [1.54, 1.807) is 0 Å². The molecule has 38 heavy (non-hydrogen) atoms. The Morgan fingerprint density at radius 1 is 1.03 bits per heavy atom. The molecule has 7 heteroatoms. The minimum Gasteiger partial charge on any atom is -0.445 e. The number of alkyl carbamates (subject to hydrolysis) is 1. The lowest BCUT2D eigenvalue weighted by Gasteiger charge is -2.25. The van der Waals surface area contributed by atoms with Crippen molar-refractivity contribution in [3.8, 4) is 0 Å². The molecule has 1 amide bonds. The molecule has 5 nitrogen and oxygen atoms in total. The molecule has 0 saturated carbocycles. The molecule has 0 aliphatic rings. The van der Waals surface area contributed by atoms with Crippen LogP contribution in [0.3, 0.4) is 0 Å². The number of hydrogen-bond acceptors (Lipinski definition) is 4. The van der Waals surface area contributed by atoms with Gasteiger partial charge in [-0.2, -0.15) is 0 Å². The largest absolute Gasteiger partial charge is 0.445 e. The number of allylic oxidation sites excluding steroid dienone is 1. The van der Waals surface area contributed by atoms with Crippen molar-refractivity contribution in [1.82, 2.24) is 10.6 Å². The minimum atomic E-state index is -1.04. The van der Waals surface area contributed by atoms with E-state index in [0.717, 1.165) is 42.0 Å². The number of aliphatic hydroxyl groups excluding tert-OH is 1. The number of amides is 1. The van der Waals surface area contributed by atoms with E-state index in [1.165, 1.54) is 17.7 Å². The first-order valence-corrected chi connectivity index (χ1v) is 12.8. The summed E-state index contributed by atoms with van der Waals surface area (Å²) in [5.41, 5.74) is 4.64. The van der Waals surface area contributed by atoms with Crippen LogP contribution in [0.2, 0.25) is 0 Å². The number of ether oxygens (including phenoxy) is 1. The van der Waals surface area contributed by atoms with Crippen molar-refractivity contribution in [1.29, 1.82) is 0 Å². The molecule has 3 aromatic rings. The van der Waals surface area contributed by atoms with Gasteiger partial charge >= 0.3 is 6.09 Å². The number of benzene rings is 3. The van der Waals surface area contributed by atoms with Crippen LogP contribution in [0.25, 0.3) is 0 Å². The zero-order chi connectivity index (χ0) is 27.3. The van der Waals surface area contributed by atoms with Gasteiger partial charge in [0.25, 0.3) is 0 Å². The van der Waals surface area contributed by atoms with Gasteiger partial charge in [0.2, 0.25) is 0 Å². The Morgan fingerprint density at radius 2 is 1.76 bits per heavy atom. The van der Waals surface area contributed by atoms with Gasteiger partial charge in [-0.15, -0.1) is 6.58 Å². The molecule has 0 spiro atoms. The predicted molar refractivity (Wildman–Crippen MR) is 146 cm³/mol. The number of hydrogen-bond donors (Lipinski definition) is 3. The highest BCUT2D eigenvalue weighted by molar-refractivity contribution is 5.67. The maximum absolute atomic E-state index is 13.8. The SMILES string of the molecule is C=CCCCc1ccc(C)cc1CNC[C@@H](O)[C@H](Cc1cc(F)cc(F)c1)NC(=O)OCc1ccccc1. The molecule has 0 aromatic heterocycles. The highest BCUT2D eigenvalue weighted by Gasteiger charge is 2.23. The van der Waals surface area contributed by atoms with Crippen LogP contribution >= 0.6 is 0 Å². The highest BCUT2D eigenvalue weighted by Crippen LogP contribution is 2.16. The van der Waals surface area contributed by atoms with E-state index in [9.17, 15) is 18.7 Å². The van der Waals surface area contributed by atoms with Gasteiger partial charge < -0.3 is 20.5 Å². The molecule has 0 radical (unpaired) electrons. The molecule has 3 N–H and O–H groups in total. The van der Waals surface area contributed by atoms with Crippen LogP contribution in [0.4, 0.5) is 13.6 Å². The average Bonchev–Trinajstić information content (AvgIpc) is 2.88. The Kier molecular flexibility index (Phi) is 11.5. The van der Waals surface area contributed by atoms with Crippen LogP contribution < -0.4 is 10.6 Å². The van der Waals surface area contributed by atoms with Crippen molar-refractivity contribution in [2.75, 3.05) is 6.54 Å². The van der Waals surface area contributed by atoms with Gasteiger partial charge in [-0.3, -0.25) is 0 Å². The van der Waals surface area contributed by atoms with Crippen molar-refractivity contribution in [2.45, 2.75) is 57.9 Å². The van der Waals surface area contributed by atoms with Gasteiger partial charge in [0, 0.05) is 19.2 Å². The van der Waals surface area contributed by atoms with E-state index in [0.29, 0.717) is 12.1 Å². The van der Waals surface area contributed by atoms with Gasteiger partial charge in [0.1, 0.15) is 18.2 Å². The normalized spacial score (nSPS) is 12.5. The van der Waals surface area contributed by atoms with E-state index in [-0.39, 0.29) is 19.6 Å². The number of nitrogens with one attached hydrogen (secondary N) is 2. The molecule has 0 bridgehead atoms. The molecular weight excluding hydrogens is 486 g/mol.